The van der Waals surface area contributed by atoms with Crippen LogP contribution in [-0.2, 0) is 9.59 Å². The fourth-order valence-corrected chi connectivity index (χ4v) is 2.19. The molecule has 0 aliphatic heterocycles. The van der Waals surface area contributed by atoms with Crippen molar-refractivity contribution in [2.45, 2.75) is 32.6 Å². The van der Waals surface area contributed by atoms with E-state index in [4.69, 9.17) is 5.73 Å². The van der Waals surface area contributed by atoms with Crippen LogP contribution >= 0.6 is 0 Å². The van der Waals surface area contributed by atoms with Crippen molar-refractivity contribution in [1.82, 2.24) is 0 Å². The molecule has 0 aliphatic rings. The molecule has 5 nitrogen and oxygen atoms in total. The topological polar surface area (TPSA) is 84.2 Å². The van der Waals surface area contributed by atoms with Crippen LogP contribution in [0.2, 0.25) is 0 Å². The van der Waals surface area contributed by atoms with E-state index in [1.54, 1.807) is 24.3 Å². The summed E-state index contributed by atoms with van der Waals surface area (Å²) < 4.78 is 0. The van der Waals surface area contributed by atoms with E-state index in [0.717, 1.165) is 5.69 Å². The molecule has 4 N–H and O–H groups in total. The van der Waals surface area contributed by atoms with Gasteiger partial charge in [-0.3, -0.25) is 9.59 Å². The van der Waals surface area contributed by atoms with Crippen molar-refractivity contribution in [1.29, 1.82) is 0 Å². The maximum Gasteiger partial charge on any atom is 0.224 e. The Labute approximate surface area is 142 Å². The molecule has 2 aromatic carbocycles. The van der Waals surface area contributed by atoms with Crippen LogP contribution < -0.4 is 16.4 Å². The van der Waals surface area contributed by atoms with E-state index in [1.165, 1.54) is 5.56 Å². The zero-order valence-electron chi connectivity index (χ0n) is 14.0. The molecule has 126 valence electrons. The molecule has 0 saturated heterocycles. The Morgan fingerprint density at radius 3 is 1.67 bits per heavy atom. The minimum atomic E-state index is -0.204. The smallest absolute Gasteiger partial charge is 0.224 e. The largest absolute Gasteiger partial charge is 0.399 e. The standard InChI is InChI=1S/C19H23N3O2/c1-13(2)14-3-7-16(8-4-14)21-18(23)11-12-19(24)22-17-9-5-15(20)6-10-17/h3-10,13H,11-12,20H2,1-2H3,(H,21,23)(H,22,24). The quantitative estimate of drug-likeness (QED) is 0.707. The molecule has 2 amide bonds. The van der Waals surface area contributed by atoms with Gasteiger partial charge < -0.3 is 16.4 Å². The zero-order chi connectivity index (χ0) is 17.5. The summed E-state index contributed by atoms with van der Waals surface area (Å²) in [6.07, 6.45) is 0.257. The predicted octanol–water partition coefficient (Wildman–Crippen LogP) is 3.75. The number of nitrogen functional groups attached to an aromatic ring is 1. The summed E-state index contributed by atoms with van der Waals surface area (Å²) in [6.45, 7) is 4.24. The van der Waals surface area contributed by atoms with Crippen molar-refractivity contribution in [3.05, 3.63) is 54.1 Å². The lowest BCUT2D eigenvalue weighted by molar-refractivity contribution is -0.121. The molecule has 0 saturated carbocycles. The number of anilines is 3. The van der Waals surface area contributed by atoms with Crippen molar-refractivity contribution in [2.75, 3.05) is 16.4 Å². The van der Waals surface area contributed by atoms with Gasteiger partial charge in [-0.15, -0.1) is 0 Å². The molecule has 0 atom stereocenters. The number of nitrogens with one attached hydrogen (secondary N) is 2. The first kappa shape index (κ1) is 17.5. The summed E-state index contributed by atoms with van der Waals surface area (Å²) in [6, 6.07) is 14.6. The van der Waals surface area contributed by atoms with Crippen molar-refractivity contribution < 1.29 is 9.59 Å². The van der Waals surface area contributed by atoms with Crippen molar-refractivity contribution in [3.63, 3.8) is 0 Å². The summed E-state index contributed by atoms with van der Waals surface area (Å²) in [5, 5.41) is 5.53. The van der Waals surface area contributed by atoms with Gasteiger partial charge in [0.05, 0.1) is 0 Å². The minimum absolute atomic E-state index is 0.125. The Morgan fingerprint density at radius 2 is 1.25 bits per heavy atom. The van der Waals surface area contributed by atoms with Gasteiger partial charge in [-0.25, -0.2) is 0 Å². The Hall–Kier alpha value is -2.82. The van der Waals surface area contributed by atoms with Crippen LogP contribution in [0.15, 0.2) is 48.5 Å². The second-order valence-electron chi connectivity index (χ2n) is 6.00. The highest BCUT2D eigenvalue weighted by molar-refractivity contribution is 5.96. The zero-order valence-corrected chi connectivity index (χ0v) is 14.0. The average Bonchev–Trinajstić information content (AvgIpc) is 2.55. The van der Waals surface area contributed by atoms with Crippen LogP contribution in [-0.4, -0.2) is 11.8 Å². The number of hydrogen-bond donors (Lipinski definition) is 3. The highest BCUT2D eigenvalue weighted by atomic mass is 16.2. The van der Waals surface area contributed by atoms with Crippen molar-refractivity contribution >= 4 is 28.9 Å². The Kier molecular flexibility index (Phi) is 5.95. The first-order chi connectivity index (χ1) is 11.4. The van der Waals surface area contributed by atoms with Gasteiger partial charge in [-0.2, -0.15) is 0 Å². The predicted molar refractivity (Wildman–Crippen MR) is 97.9 cm³/mol. The molecule has 0 aromatic heterocycles. The number of amides is 2. The summed E-state index contributed by atoms with van der Waals surface area (Å²) in [5.74, 6) is 0.0663. The number of carbonyl (C=O) groups is 2. The molecule has 0 spiro atoms. The molecule has 0 radical (unpaired) electrons. The lowest BCUT2D eigenvalue weighted by Gasteiger charge is -2.09. The molecular weight excluding hydrogens is 302 g/mol. The maximum atomic E-state index is 11.9. The SMILES string of the molecule is CC(C)c1ccc(NC(=O)CCC(=O)Nc2ccc(N)cc2)cc1. The average molecular weight is 325 g/mol. The Morgan fingerprint density at radius 1 is 0.833 bits per heavy atom. The first-order valence-corrected chi connectivity index (χ1v) is 7.99. The molecule has 0 heterocycles. The minimum Gasteiger partial charge on any atom is -0.399 e. The van der Waals surface area contributed by atoms with Crippen LogP contribution in [0.25, 0.3) is 0 Å². The third-order valence-corrected chi connectivity index (χ3v) is 3.63. The third kappa shape index (κ3) is 5.43. The summed E-state index contributed by atoms with van der Waals surface area (Å²) in [7, 11) is 0. The van der Waals surface area contributed by atoms with Crippen molar-refractivity contribution in [3.8, 4) is 0 Å². The maximum absolute atomic E-state index is 11.9. The summed E-state index contributed by atoms with van der Waals surface area (Å²) in [5.41, 5.74) is 8.85. The van der Waals surface area contributed by atoms with Crippen LogP contribution in [0.3, 0.4) is 0 Å². The molecule has 0 aliphatic carbocycles. The highest BCUT2D eigenvalue weighted by Gasteiger charge is 2.08. The second-order valence-corrected chi connectivity index (χ2v) is 6.00. The van der Waals surface area contributed by atoms with E-state index >= 15 is 0 Å². The molecule has 0 unspecified atom stereocenters. The molecule has 0 fully saturated rings. The molecule has 0 bridgehead atoms. The fourth-order valence-electron chi connectivity index (χ4n) is 2.19. The second kappa shape index (κ2) is 8.15. The molecule has 2 aromatic rings. The van der Waals surface area contributed by atoms with Gasteiger partial charge in [-0.05, 0) is 47.9 Å². The van der Waals surface area contributed by atoms with Crippen molar-refractivity contribution in [2.24, 2.45) is 0 Å². The number of rotatable bonds is 6. The van der Waals surface area contributed by atoms with Gasteiger partial charge >= 0.3 is 0 Å². The van der Waals surface area contributed by atoms with Gasteiger partial charge in [0.25, 0.3) is 0 Å². The lowest BCUT2D eigenvalue weighted by Crippen LogP contribution is -2.17. The van der Waals surface area contributed by atoms with E-state index in [2.05, 4.69) is 24.5 Å². The Balaban J connectivity index is 1.77. The summed E-state index contributed by atoms with van der Waals surface area (Å²) in [4.78, 5) is 23.8. The monoisotopic (exact) mass is 325 g/mol. The van der Waals surface area contributed by atoms with Gasteiger partial charge in [0.15, 0.2) is 0 Å². The number of hydrogen-bond acceptors (Lipinski definition) is 3. The van der Waals surface area contributed by atoms with Crippen LogP contribution in [0, 0.1) is 0 Å². The normalized spacial score (nSPS) is 10.5. The van der Waals surface area contributed by atoms with E-state index < -0.39 is 0 Å². The van der Waals surface area contributed by atoms with Gasteiger partial charge in [0, 0.05) is 29.9 Å². The van der Waals surface area contributed by atoms with Crippen LogP contribution in [0.4, 0.5) is 17.1 Å². The number of nitrogens with two attached hydrogens (primary N) is 1. The molecule has 5 heteroatoms. The van der Waals surface area contributed by atoms with E-state index in [-0.39, 0.29) is 24.7 Å². The van der Waals surface area contributed by atoms with Gasteiger partial charge in [-0.1, -0.05) is 26.0 Å². The fraction of sp³-hybridized carbons (Fsp3) is 0.263. The van der Waals surface area contributed by atoms with E-state index in [1.807, 2.05) is 24.3 Å². The third-order valence-electron chi connectivity index (χ3n) is 3.63. The van der Waals surface area contributed by atoms with Gasteiger partial charge in [0.2, 0.25) is 11.8 Å². The van der Waals surface area contributed by atoms with Crippen LogP contribution in [0.1, 0.15) is 38.2 Å². The molecule has 24 heavy (non-hydrogen) atoms. The molecular formula is C19H23N3O2. The number of carbonyl (C=O) groups excluding carboxylic acids is 2. The number of benzene rings is 2. The van der Waals surface area contributed by atoms with Gasteiger partial charge in [0.1, 0.15) is 0 Å². The van der Waals surface area contributed by atoms with E-state index in [0.29, 0.717) is 17.3 Å². The van der Waals surface area contributed by atoms with E-state index in [9.17, 15) is 9.59 Å². The van der Waals surface area contributed by atoms with Crippen LogP contribution in [0.5, 0.6) is 0 Å². The Bertz CT molecular complexity index is 692. The summed E-state index contributed by atoms with van der Waals surface area (Å²) >= 11 is 0. The first-order valence-electron chi connectivity index (χ1n) is 7.99. The molecule has 2 rings (SSSR count). The lowest BCUT2D eigenvalue weighted by atomic mass is 10.0. The highest BCUT2D eigenvalue weighted by Crippen LogP contribution is 2.17.